The zero-order chi connectivity index (χ0) is 14.7. The molecule has 1 unspecified atom stereocenters. The molecule has 1 amide bonds. The fourth-order valence-electron chi connectivity index (χ4n) is 2.44. The summed E-state index contributed by atoms with van der Waals surface area (Å²) in [7, 11) is 0. The Kier molecular flexibility index (Phi) is 4.66. The van der Waals surface area contributed by atoms with E-state index in [4.69, 9.17) is 0 Å². The molecule has 0 aliphatic carbocycles. The SMILES string of the molecule is O=C(NCc1ccc(CBr)cc1)C1CSc2ccccc21. The van der Waals surface area contributed by atoms with Gasteiger partial charge in [0.25, 0.3) is 0 Å². The lowest BCUT2D eigenvalue weighted by Crippen LogP contribution is -2.29. The minimum absolute atomic E-state index is 0.0204. The number of rotatable bonds is 4. The summed E-state index contributed by atoms with van der Waals surface area (Å²) in [6.07, 6.45) is 0. The summed E-state index contributed by atoms with van der Waals surface area (Å²) in [6, 6.07) is 16.5. The van der Waals surface area contributed by atoms with Gasteiger partial charge >= 0.3 is 0 Å². The van der Waals surface area contributed by atoms with Gasteiger partial charge in [-0.1, -0.05) is 58.4 Å². The number of carbonyl (C=O) groups is 1. The van der Waals surface area contributed by atoms with Crippen molar-refractivity contribution in [2.45, 2.75) is 22.7 Å². The number of amides is 1. The second-order valence-electron chi connectivity index (χ2n) is 5.07. The van der Waals surface area contributed by atoms with E-state index in [1.807, 2.05) is 12.1 Å². The minimum Gasteiger partial charge on any atom is -0.351 e. The van der Waals surface area contributed by atoms with Crippen molar-refractivity contribution in [1.29, 1.82) is 0 Å². The van der Waals surface area contributed by atoms with Gasteiger partial charge in [0.2, 0.25) is 5.91 Å². The fraction of sp³-hybridized carbons (Fsp3) is 0.235. The maximum atomic E-state index is 12.4. The zero-order valence-electron chi connectivity index (χ0n) is 11.5. The molecule has 0 aromatic heterocycles. The van der Waals surface area contributed by atoms with Crippen LogP contribution in [0, 0.1) is 0 Å². The van der Waals surface area contributed by atoms with E-state index in [1.54, 1.807) is 11.8 Å². The number of benzene rings is 2. The molecule has 0 saturated heterocycles. The Morgan fingerprint density at radius 3 is 2.62 bits per heavy atom. The first-order valence-corrected chi connectivity index (χ1v) is 9.02. The Morgan fingerprint density at radius 2 is 1.86 bits per heavy atom. The van der Waals surface area contributed by atoms with Crippen LogP contribution in [0.5, 0.6) is 0 Å². The van der Waals surface area contributed by atoms with Crippen molar-refractivity contribution in [1.82, 2.24) is 5.32 Å². The van der Waals surface area contributed by atoms with Crippen LogP contribution < -0.4 is 5.32 Å². The molecule has 2 nitrogen and oxygen atoms in total. The van der Waals surface area contributed by atoms with Crippen molar-refractivity contribution in [2.75, 3.05) is 5.75 Å². The van der Waals surface area contributed by atoms with Gasteiger partial charge in [-0.3, -0.25) is 4.79 Å². The molecule has 1 aliphatic rings. The summed E-state index contributed by atoms with van der Waals surface area (Å²) in [5, 5.41) is 3.91. The van der Waals surface area contributed by atoms with E-state index >= 15 is 0 Å². The van der Waals surface area contributed by atoms with Gasteiger partial charge < -0.3 is 5.32 Å². The number of nitrogens with one attached hydrogen (secondary N) is 1. The predicted octanol–water partition coefficient (Wildman–Crippen LogP) is 4.09. The summed E-state index contributed by atoms with van der Waals surface area (Å²) in [5.41, 5.74) is 3.54. The number of hydrogen-bond acceptors (Lipinski definition) is 2. The Hall–Kier alpha value is -1.26. The van der Waals surface area contributed by atoms with Crippen molar-refractivity contribution < 1.29 is 4.79 Å². The average molecular weight is 362 g/mol. The Bertz CT molecular complexity index is 641. The number of fused-ring (bicyclic) bond motifs is 1. The second-order valence-corrected chi connectivity index (χ2v) is 6.69. The summed E-state index contributed by atoms with van der Waals surface area (Å²) < 4.78 is 0. The van der Waals surface area contributed by atoms with E-state index in [9.17, 15) is 4.79 Å². The lowest BCUT2D eigenvalue weighted by atomic mass is 10.0. The average Bonchev–Trinajstić information content (AvgIpc) is 2.97. The van der Waals surface area contributed by atoms with Crippen molar-refractivity contribution in [3.63, 3.8) is 0 Å². The molecule has 0 radical (unpaired) electrons. The second kappa shape index (κ2) is 6.67. The highest BCUT2D eigenvalue weighted by Crippen LogP contribution is 2.39. The topological polar surface area (TPSA) is 29.1 Å². The third-order valence-corrected chi connectivity index (χ3v) is 5.49. The Morgan fingerprint density at radius 1 is 1.14 bits per heavy atom. The van der Waals surface area contributed by atoms with Crippen LogP contribution in [0.4, 0.5) is 0 Å². The van der Waals surface area contributed by atoms with Gasteiger partial charge in [-0.2, -0.15) is 0 Å². The van der Waals surface area contributed by atoms with Gasteiger partial charge in [-0.05, 0) is 22.8 Å². The zero-order valence-corrected chi connectivity index (χ0v) is 13.9. The number of hydrogen-bond donors (Lipinski definition) is 1. The molecule has 108 valence electrons. The van der Waals surface area contributed by atoms with Crippen LogP contribution in [0.15, 0.2) is 53.4 Å². The molecule has 3 rings (SSSR count). The normalized spacial score (nSPS) is 16.5. The van der Waals surface area contributed by atoms with Crippen LogP contribution in [-0.2, 0) is 16.7 Å². The van der Waals surface area contributed by atoms with E-state index in [0.29, 0.717) is 6.54 Å². The van der Waals surface area contributed by atoms with Crippen molar-refractivity contribution in [3.8, 4) is 0 Å². The molecule has 21 heavy (non-hydrogen) atoms. The molecule has 2 aromatic rings. The maximum Gasteiger partial charge on any atom is 0.228 e. The highest BCUT2D eigenvalue weighted by molar-refractivity contribution is 9.08. The molecule has 1 atom stereocenters. The summed E-state index contributed by atoms with van der Waals surface area (Å²) in [5.74, 6) is 0.943. The molecule has 0 saturated carbocycles. The molecule has 0 fully saturated rings. The standard InChI is InChI=1S/C17H16BrNOS/c18-9-12-5-7-13(8-6-12)10-19-17(20)15-11-21-16-4-2-1-3-14(15)16/h1-8,15H,9-11H2,(H,19,20). The molecule has 4 heteroatoms. The van der Waals surface area contributed by atoms with Crippen LogP contribution in [-0.4, -0.2) is 11.7 Å². The van der Waals surface area contributed by atoms with Gasteiger partial charge in [-0.15, -0.1) is 11.8 Å². The van der Waals surface area contributed by atoms with Crippen LogP contribution in [0.3, 0.4) is 0 Å². The minimum atomic E-state index is -0.0204. The summed E-state index contributed by atoms with van der Waals surface area (Å²) in [6.45, 7) is 0.588. The first-order valence-electron chi connectivity index (χ1n) is 6.91. The van der Waals surface area contributed by atoms with Crippen molar-refractivity contribution >= 4 is 33.6 Å². The van der Waals surface area contributed by atoms with E-state index < -0.39 is 0 Å². The lowest BCUT2D eigenvalue weighted by molar-refractivity contribution is -0.122. The highest BCUT2D eigenvalue weighted by Gasteiger charge is 2.28. The highest BCUT2D eigenvalue weighted by atomic mass is 79.9. The molecule has 1 aliphatic heterocycles. The number of alkyl halides is 1. The smallest absolute Gasteiger partial charge is 0.228 e. The molecule has 1 N–H and O–H groups in total. The van der Waals surface area contributed by atoms with Gasteiger partial charge in [0, 0.05) is 22.5 Å². The van der Waals surface area contributed by atoms with Crippen molar-refractivity contribution in [2.24, 2.45) is 0 Å². The van der Waals surface area contributed by atoms with Gasteiger partial charge in [0.1, 0.15) is 0 Å². The third kappa shape index (κ3) is 3.33. The monoisotopic (exact) mass is 361 g/mol. The number of thioether (sulfide) groups is 1. The quantitative estimate of drug-likeness (QED) is 0.831. The molecule has 1 heterocycles. The summed E-state index contributed by atoms with van der Waals surface area (Å²) in [4.78, 5) is 13.6. The van der Waals surface area contributed by atoms with Crippen LogP contribution in [0.2, 0.25) is 0 Å². The van der Waals surface area contributed by atoms with E-state index in [0.717, 1.165) is 22.2 Å². The third-order valence-electron chi connectivity index (χ3n) is 3.66. The summed E-state index contributed by atoms with van der Waals surface area (Å²) >= 11 is 5.20. The van der Waals surface area contributed by atoms with Gasteiger partial charge in [0.05, 0.1) is 5.92 Å². The Balaban J connectivity index is 1.62. The molecular weight excluding hydrogens is 346 g/mol. The fourth-order valence-corrected chi connectivity index (χ4v) is 4.04. The van der Waals surface area contributed by atoms with Crippen molar-refractivity contribution in [3.05, 3.63) is 65.2 Å². The molecule has 0 bridgehead atoms. The maximum absolute atomic E-state index is 12.4. The molecular formula is C17H16BrNOS. The van der Waals surface area contributed by atoms with Gasteiger partial charge in [0.15, 0.2) is 0 Å². The first-order chi connectivity index (χ1) is 10.3. The lowest BCUT2D eigenvalue weighted by Gasteiger charge is -2.12. The number of halogens is 1. The largest absolute Gasteiger partial charge is 0.351 e. The molecule has 2 aromatic carbocycles. The molecule has 0 spiro atoms. The van der Waals surface area contributed by atoms with Crippen LogP contribution >= 0.6 is 27.7 Å². The van der Waals surface area contributed by atoms with Gasteiger partial charge in [-0.25, -0.2) is 0 Å². The van der Waals surface area contributed by atoms with Crippen LogP contribution in [0.25, 0.3) is 0 Å². The Labute approximate surface area is 137 Å². The van der Waals surface area contributed by atoms with E-state index in [-0.39, 0.29) is 11.8 Å². The van der Waals surface area contributed by atoms with E-state index in [2.05, 4.69) is 57.6 Å². The van der Waals surface area contributed by atoms with E-state index in [1.165, 1.54) is 10.5 Å². The first kappa shape index (κ1) is 14.7. The number of carbonyl (C=O) groups excluding carboxylic acids is 1. The predicted molar refractivity (Wildman–Crippen MR) is 90.8 cm³/mol. The van der Waals surface area contributed by atoms with Crippen LogP contribution in [0.1, 0.15) is 22.6 Å².